The van der Waals surface area contributed by atoms with E-state index in [0.717, 1.165) is 28.9 Å². The van der Waals surface area contributed by atoms with Gasteiger partial charge >= 0.3 is 12.1 Å². The molecule has 0 aliphatic heterocycles. The quantitative estimate of drug-likeness (QED) is 0.300. The number of aromatic nitrogens is 2. The summed E-state index contributed by atoms with van der Waals surface area (Å²) in [6.45, 7) is 1.65. The van der Waals surface area contributed by atoms with Crippen LogP contribution < -0.4 is 15.8 Å². The summed E-state index contributed by atoms with van der Waals surface area (Å²) in [7, 11) is 1.46. The van der Waals surface area contributed by atoms with Crippen LogP contribution in [0.15, 0.2) is 18.2 Å². The molecule has 0 saturated carbocycles. The van der Waals surface area contributed by atoms with Crippen LogP contribution in [-0.2, 0) is 17.8 Å². The van der Waals surface area contributed by atoms with Gasteiger partial charge in [0, 0.05) is 36.9 Å². The number of alkyl halides is 3. The molecule has 0 aliphatic rings. The summed E-state index contributed by atoms with van der Waals surface area (Å²) in [4.78, 5) is 20.5. The molecule has 1 aromatic carbocycles. The van der Waals surface area contributed by atoms with Crippen LogP contribution in [0.5, 0.6) is 5.75 Å². The lowest BCUT2D eigenvalue weighted by molar-refractivity contribution is -0.154. The number of hydrogen-bond donors (Lipinski definition) is 4. The van der Waals surface area contributed by atoms with Gasteiger partial charge in [0.1, 0.15) is 11.6 Å². The standard InChI is InChI=1S/C24H34F3N5O4/c1-4-18(6-5-9-33)30-22-19(15(2)29-23(28)31-22)11-17-8-7-16(10-20(17)36-3)12-32(13-21(34)35)14-24(25,26)27/h7-8,10,18,33H,4-6,9,11-14H2,1-3H3,(H,34,35)(H3,28,29,30,31)/t18-/m0/s1. The maximum absolute atomic E-state index is 12.9. The lowest BCUT2D eigenvalue weighted by Gasteiger charge is -2.23. The van der Waals surface area contributed by atoms with Gasteiger partial charge in [-0.05, 0) is 43.4 Å². The topological polar surface area (TPSA) is 134 Å². The molecule has 9 nitrogen and oxygen atoms in total. The van der Waals surface area contributed by atoms with Crippen LogP contribution in [0.3, 0.4) is 0 Å². The number of rotatable bonds is 14. The molecule has 2 aromatic rings. The van der Waals surface area contributed by atoms with Crippen molar-refractivity contribution >= 4 is 17.7 Å². The number of nitrogens with zero attached hydrogens (tertiary/aromatic N) is 3. The Morgan fingerprint density at radius 3 is 2.61 bits per heavy atom. The number of carboxylic acid groups (broad SMARTS) is 1. The number of nitrogens with one attached hydrogen (secondary N) is 1. The van der Waals surface area contributed by atoms with Crippen LogP contribution >= 0.6 is 0 Å². The number of methoxy groups -OCH3 is 1. The number of aliphatic carboxylic acids is 1. The average Bonchev–Trinajstić information content (AvgIpc) is 2.77. The summed E-state index contributed by atoms with van der Waals surface area (Å²) in [5.74, 6) is -0.190. The molecule has 0 spiro atoms. The lowest BCUT2D eigenvalue weighted by Crippen LogP contribution is -2.37. The van der Waals surface area contributed by atoms with E-state index in [-0.39, 0.29) is 25.1 Å². The molecule has 36 heavy (non-hydrogen) atoms. The molecule has 200 valence electrons. The highest BCUT2D eigenvalue weighted by Gasteiger charge is 2.31. The maximum Gasteiger partial charge on any atom is 0.401 e. The van der Waals surface area contributed by atoms with Crippen molar-refractivity contribution in [2.45, 2.75) is 58.3 Å². The summed E-state index contributed by atoms with van der Waals surface area (Å²) in [6.07, 6.45) is -1.95. The third-order valence-corrected chi connectivity index (χ3v) is 5.66. The summed E-state index contributed by atoms with van der Waals surface area (Å²) in [6, 6.07) is 5.07. The van der Waals surface area contributed by atoms with Crippen molar-refractivity contribution in [1.82, 2.24) is 14.9 Å². The molecule has 0 bridgehead atoms. The van der Waals surface area contributed by atoms with Gasteiger partial charge in [-0.25, -0.2) is 4.98 Å². The van der Waals surface area contributed by atoms with E-state index >= 15 is 0 Å². The first-order chi connectivity index (χ1) is 16.9. The van der Waals surface area contributed by atoms with Crippen molar-refractivity contribution in [1.29, 1.82) is 0 Å². The first-order valence-electron chi connectivity index (χ1n) is 11.6. The van der Waals surface area contributed by atoms with Crippen molar-refractivity contribution in [2.24, 2.45) is 0 Å². The number of nitrogens with two attached hydrogens (primary N) is 1. The number of benzene rings is 1. The number of nitrogen functional groups attached to an aromatic ring is 1. The van der Waals surface area contributed by atoms with Crippen LogP contribution in [0.1, 0.15) is 48.6 Å². The minimum atomic E-state index is -4.52. The van der Waals surface area contributed by atoms with E-state index in [2.05, 4.69) is 15.3 Å². The first-order valence-corrected chi connectivity index (χ1v) is 11.6. The monoisotopic (exact) mass is 513 g/mol. The molecule has 1 aromatic heterocycles. The van der Waals surface area contributed by atoms with Gasteiger partial charge in [-0.1, -0.05) is 19.1 Å². The van der Waals surface area contributed by atoms with E-state index in [1.165, 1.54) is 7.11 Å². The number of hydrogen-bond acceptors (Lipinski definition) is 8. The number of carbonyl (C=O) groups is 1. The highest BCUT2D eigenvalue weighted by molar-refractivity contribution is 5.69. The summed E-state index contributed by atoms with van der Waals surface area (Å²) in [5, 5.41) is 21.6. The molecular weight excluding hydrogens is 479 g/mol. The van der Waals surface area contributed by atoms with Crippen molar-refractivity contribution in [3.05, 3.63) is 40.6 Å². The smallest absolute Gasteiger partial charge is 0.401 e. The van der Waals surface area contributed by atoms with Crippen molar-refractivity contribution < 1.29 is 32.9 Å². The van der Waals surface area contributed by atoms with Gasteiger partial charge < -0.3 is 26.0 Å². The number of anilines is 2. The fourth-order valence-corrected chi connectivity index (χ4v) is 3.95. The normalized spacial score (nSPS) is 12.6. The minimum Gasteiger partial charge on any atom is -0.496 e. The second kappa shape index (κ2) is 13.3. The van der Waals surface area contributed by atoms with Crippen LogP contribution in [-0.4, -0.2) is 70.1 Å². The Labute approximate surface area is 208 Å². The van der Waals surface area contributed by atoms with Crippen molar-refractivity contribution in [3.63, 3.8) is 0 Å². The third-order valence-electron chi connectivity index (χ3n) is 5.66. The van der Waals surface area contributed by atoms with Gasteiger partial charge in [-0.2, -0.15) is 18.2 Å². The second-order valence-corrected chi connectivity index (χ2v) is 8.59. The fraction of sp³-hybridized carbons (Fsp3) is 0.542. The van der Waals surface area contributed by atoms with Crippen LogP contribution in [0, 0.1) is 6.92 Å². The SMILES string of the molecule is CC[C@@H](CCCO)Nc1nc(N)nc(C)c1Cc1ccc(CN(CC(=O)O)CC(F)(F)F)cc1OC. The summed E-state index contributed by atoms with van der Waals surface area (Å²) in [5.41, 5.74) is 8.59. The van der Waals surface area contributed by atoms with E-state index in [0.29, 0.717) is 35.7 Å². The zero-order chi connectivity index (χ0) is 26.9. The van der Waals surface area contributed by atoms with E-state index in [9.17, 15) is 23.1 Å². The number of carboxylic acids is 1. The van der Waals surface area contributed by atoms with E-state index in [1.807, 2.05) is 13.8 Å². The summed E-state index contributed by atoms with van der Waals surface area (Å²) >= 11 is 0. The highest BCUT2D eigenvalue weighted by Crippen LogP contribution is 2.29. The predicted molar refractivity (Wildman–Crippen MR) is 130 cm³/mol. The molecule has 0 amide bonds. The Bertz CT molecular complexity index is 1020. The Kier molecular flexibility index (Phi) is 10.7. The summed E-state index contributed by atoms with van der Waals surface area (Å²) < 4.78 is 44.2. The molecule has 0 unspecified atom stereocenters. The Hall–Kier alpha value is -3.12. The van der Waals surface area contributed by atoms with Crippen LogP contribution in [0.2, 0.25) is 0 Å². The number of ether oxygens (including phenoxy) is 1. The Morgan fingerprint density at radius 1 is 1.31 bits per heavy atom. The van der Waals surface area contributed by atoms with E-state index < -0.39 is 25.2 Å². The molecular formula is C24H34F3N5O4. The zero-order valence-electron chi connectivity index (χ0n) is 20.7. The molecule has 12 heteroatoms. The predicted octanol–water partition coefficient (Wildman–Crippen LogP) is 3.38. The van der Waals surface area contributed by atoms with Gasteiger partial charge in [0.05, 0.1) is 20.2 Å². The van der Waals surface area contributed by atoms with Gasteiger partial charge in [0.25, 0.3) is 0 Å². The third kappa shape index (κ3) is 9.15. The maximum atomic E-state index is 12.9. The largest absolute Gasteiger partial charge is 0.496 e. The van der Waals surface area contributed by atoms with Crippen LogP contribution in [0.25, 0.3) is 0 Å². The van der Waals surface area contributed by atoms with Crippen molar-refractivity contribution in [2.75, 3.05) is 37.9 Å². The lowest BCUT2D eigenvalue weighted by atomic mass is 10.0. The molecule has 2 rings (SSSR count). The molecule has 0 saturated heterocycles. The fourth-order valence-electron chi connectivity index (χ4n) is 3.95. The number of halogens is 3. The molecule has 0 fully saturated rings. The minimum absolute atomic E-state index is 0.0720. The Balaban J connectivity index is 2.33. The Morgan fingerprint density at radius 2 is 2.03 bits per heavy atom. The van der Waals surface area contributed by atoms with Gasteiger partial charge in [-0.15, -0.1) is 0 Å². The number of aryl methyl sites for hydroxylation is 1. The van der Waals surface area contributed by atoms with E-state index in [1.54, 1.807) is 18.2 Å². The highest BCUT2D eigenvalue weighted by atomic mass is 19.4. The molecule has 0 radical (unpaired) electrons. The van der Waals surface area contributed by atoms with Gasteiger partial charge in [0.15, 0.2) is 0 Å². The molecule has 1 atom stereocenters. The van der Waals surface area contributed by atoms with Gasteiger partial charge in [0.2, 0.25) is 5.95 Å². The number of aliphatic hydroxyl groups excluding tert-OH is 1. The van der Waals surface area contributed by atoms with Gasteiger partial charge in [-0.3, -0.25) is 9.69 Å². The van der Waals surface area contributed by atoms with Crippen molar-refractivity contribution in [3.8, 4) is 5.75 Å². The molecule has 0 aliphatic carbocycles. The average molecular weight is 514 g/mol. The first kappa shape index (κ1) is 29.1. The number of aliphatic hydroxyl groups is 1. The molecule has 1 heterocycles. The zero-order valence-corrected chi connectivity index (χ0v) is 20.7. The molecule has 5 N–H and O–H groups in total. The van der Waals surface area contributed by atoms with E-state index in [4.69, 9.17) is 15.6 Å². The second-order valence-electron chi connectivity index (χ2n) is 8.59. The van der Waals surface area contributed by atoms with Crippen LogP contribution in [0.4, 0.5) is 24.9 Å².